The van der Waals surface area contributed by atoms with Crippen LogP contribution in [-0.2, 0) is 16.0 Å². The Morgan fingerprint density at radius 3 is 2.57 bits per heavy atom. The summed E-state index contributed by atoms with van der Waals surface area (Å²) in [6.07, 6.45) is 1.35. The van der Waals surface area contributed by atoms with E-state index in [2.05, 4.69) is 5.32 Å². The molecule has 23 heavy (non-hydrogen) atoms. The van der Waals surface area contributed by atoms with Crippen molar-refractivity contribution in [1.29, 1.82) is 0 Å². The fourth-order valence-electron chi connectivity index (χ4n) is 2.88. The maximum Gasteiger partial charge on any atom is 0.323 e. The Hall–Kier alpha value is -2.82. The molecule has 0 radical (unpaired) electrons. The molecule has 2 N–H and O–H groups in total. The Balaban J connectivity index is 1.91. The Bertz CT molecular complexity index is 715. The van der Waals surface area contributed by atoms with Crippen LogP contribution >= 0.6 is 0 Å². The molecule has 5 nitrogen and oxygen atoms in total. The average molecular weight is 310 g/mol. The zero-order valence-corrected chi connectivity index (χ0v) is 12.6. The van der Waals surface area contributed by atoms with E-state index in [-0.39, 0.29) is 12.5 Å². The van der Waals surface area contributed by atoms with Crippen molar-refractivity contribution in [2.24, 2.45) is 0 Å². The topological polar surface area (TPSA) is 69.6 Å². The molecule has 1 heterocycles. The van der Waals surface area contributed by atoms with Gasteiger partial charge in [0.1, 0.15) is 12.6 Å². The van der Waals surface area contributed by atoms with Gasteiger partial charge >= 0.3 is 5.97 Å². The largest absolute Gasteiger partial charge is 0.480 e. The smallest absolute Gasteiger partial charge is 0.323 e. The van der Waals surface area contributed by atoms with Crippen LogP contribution in [0.15, 0.2) is 54.6 Å². The summed E-state index contributed by atoms with van der Waals surface area (Å²) < 4.78 is 0. The van der Waals surface area contributed by atoms with Gasteiger partial charge in [-0.25, -0.2) is 0 Å². The summed E-state index contributed by atoms with van der Waals surface area (Å²) >= 11 is 0. The van der Waals surface area contributed by atoms with Crippen LogP contribution in [0.5, 0.6) is 0 Å². The van der Waals surface area contributed by atoms with Crippen molar-refractivity contribution in [3.63, 3.8) is 0 Å². The third-order valence-electron chi connectivity index (χ3n) is 3.96. The molecule has 0 bridgehead atoms. The van der Waals surface area contributed by atoms with E-state index in [1.54, 1.807) is 6.07 Å². The van der Waals surface area contributed by atoms with Crippen molar-refractivity contribution in [1.82, 2.24) is 0 Å². The van der Waals surface area contributed by atoms with Crippen molar-refractivity contribution in [3.8, 4) is 0 Å². The van der Waals surface area contributed by atoms with E-state index in [0.29, 0.717) is 12.1 Å². The zero-order chi connectivity index (χ0) is 16.2. The van der Waals surface area contributed by atoms with Crippen molar-refractivity contribution in [2.75, 3.05) is 16.8 Å². The fraction of sp³-hybridized carbons (Fsp3) is 0.222. The normalized spacial score (nSPS) is 17.3. The molecule has 0 aliphatic carbocycles. The molecule has 0 fully saturated rings. The lowest BCUT2D eigenvalue weighted by Gasteiger charge is -2.25. The minimum absolute atomic E-state index is 0.207. The van der Waals surface area contributed by atoms with Crippen molar-refractivity contribution in [3.05, 3.63) is 60.2 Å². The number of benzene rings is 2. The molecule has 2 aromatic carbocycles. The van der Waals surface area contributed by atoms with Gasteiger partial charge in [0.05, 0.1) is 0 Å². The molecule has 118 valence electrons. The Labute approximate surface area is 134 Å². The van der Waals surface area contributed by atoms with E-state index in [1.165, 1.54) is 4.90 Å². The molecule has 1 aliphatic rings. The van der Waals surface area contributed by atoms with Crippen molar-refractivity contribution < 1.29 is 14.7 Å². The highest BCUT2D eigenvalue weighted by Gasteiger charge is 2.31. The number of nitrogens with zero attached hydrogens (tertiary/aromatic N) is 1. The second-order valence-corrected chi connectivity index (χ2v) is 5.55. The van der Waals surface area contributed by atoms with Crippen LogP contribution < -0.4 is 10.2 Å². The summed E-state index contributed by atoms with van der Waals surface area (Å²) in [5.74, 6) is -1.23. The quantitative estimate of drug-likeness (QED) is 0.910. The summed E-state index contributed by atoms with van der Waals surface area (Å²) in [7, 11) is 0. The van der Waals surface area contributed by atoms with Crippen molar-refractivity contribution >= 4 is 23.3 Å². The number of hydrogen-bond donors (Lipinski definition) is 2. The third kappa shape index (κ3) is 3.34. The van der Waals surface area contributed by atoms with Gasteiger partial charge in [0.25, 0.3) is 0 Å². The summed E-state index contributed by atoms with van der Waals surface area (Å²) in [5, 5.41) is 12.4. The van der Waals surface area contributed by atoms with Gasteiger partial charge in [0.2, 0.25) is 5.91 Å². The highest BCUT2D eigenvalue weighted by Crippen LogP contribution is 2.28. The zero-order valence-electron chi connectivity index (χ0n) is 12.6. The van der Waals surface area contributed by atoms with Crippen LogP contribution in [0, 0.1) is 0 Å². The number of aryl methyl sites for hydroxylation is 1. The lowest BCUT2D eigenvalue weighted by Crippen LogP contribution is -2.44. The van der Waals surface area contributed by atoms with Crippen molar-refractivity contribution in [2.45, 2.75) is 18.9 Å². The highest BCUT2D eigenvalue weighted by atomic mass is 16.4. The van der Waals surface area contributed by atoms with Crippen LogP contribution in [-0.4, -0.2) is 29.6 Å². The molecule has 0 spiro atoms. The Kier molecular flexibility index (Phi) is 4.28. The minimum Gasteiger partial charge on any atom is -0.480 e. The molecule has 1 atom stereocenters. The monoisotopic (exact) mass is 310 g/mol. The van der Waals surface area contributed by atoms with Gasteiger partial charge in [-0.3, -0.25) is 14.5 Å². The first-order valence-electron chi connectivity index (χ1n) is 7.58. The molecule has 2 aromatic rings. The first kappa shape index (κ1) is 15.1. The molecule has 1 amide bonds. The molecule has 0 saturated heterocycles. The van der Waals surface area contributed by atoms with Gasteiger partial charge in [-0.1, -0.05) is 36.4 Å². The predicted octanol–water partition coefficient (Wildman–Crippen LogP) is 2.53. The number of fused-ring (bicyclic) bond motifs is 1. The molecular formula is C18H18N2O3. The summed E-state index contributed by atoms with van der Waals surface area (Å²) in [6.45, 7) is -0.331. The summed E-state index contributed by atoms with van der Waals surface area (Å²) in [5.41, 5.74) is 2.55. The maximum atomic E-state index is 12.8. The standard InChI is InChI=1S/C18H18N2O3/c21-17(22)12-20-16-9-5-4-6-13(16)10-11-15(18(20)23)19-14-7-2-1-3-8-14/h1-9,15,19H,10-12H2,(H,21,22). The molecular weight excluding hydrogens is 292 g/mol. The lowest BCUT2D eigenvalue weighted by atomic mass is 10.1. The summed E-state index contributed by atoms with van der Waals surface area (Å²) in [4.78, 5) is 25.4. The maximum absolute atomic E-state index is 12.8. The van der Waals surface area contributed by atoms with E-state index in [1.807, 2.05) is 48.5 Å². The van der Waals surface area contributed by atoms with Gasteiger partial charge in [-0.2, -0.15) is 0 Å². The first-order chi connectivity index (χ1) is 11.1. The number of amides is 1. The second kappa shape index (κ2) is 6.52. The average Bonchev–Trinajstić information content (AvgIpc) is 2.68. The van der Waals surface area contributed by atoms with Gasteiger partial charge in [-0.15, -0.1) is 0 Å². The Morgan fingerprint density at radius 1 is 1.13 bits per heavy atom. The van der Waals surface area contributed by atoms with Crippen LogP contribution in [0.25, 0.3) is 0 Å². The third-order valence-corrected chi connectivity index (χ3v) is 3.96. The van der Waals surface area contributed by atoms with Gasteiger partial charge < -0.3 is 10.4 Å². The van der Waals surface area contributed by atoms with E-state index >= 15 is 0 Å². The number of rotatable bonds is 4. The number of anilines is 2. The minimum atomic E-state index is -1.02. The predicted molar refractivity (Wildman–Crippen MR) is 88.6 cm³/mol. The fourth-order valence-corrected chi connectivity index (χ4v) is 2.88. The lowest BCUT2D eigenvalue weighted by molar-refractivity contribution is -0.136. The van der Waals surface area contributed by atoms with E-state index in [9.17, 15) is 9.59 Å². The Morgan fingerprint density at radius 2 is 1.83 bits per heavy atom. The molecule has 5 heteroatoms. The molecule has 3 rings (SSSR count). The molecule has 1 aliphatic heterocycles. The highest BCUT2D eigenvalue weighted by molar-refractivity contribution is 6.03. The molecule has 1 unspecified atom stereocenters. The number of carboxylic acid groups (broad SMARTS) is 1. The number of hydrogen-bond acceptors (Lipinski definition) is 3. The number of para-hydroxylation sites is 2. The SMILES string of the molecule is O=C(O)CN1C(=O)C(Nc2ccccc2)CCc2ccccc21. The van der Waals surface area contributed by atoms with E-state index in [0.717, 1.165) is 17.7 Å². The molecule has 0 aromatic heterocycles. The number of carbonyl (C=O) groups is 2. The van der Waals surface area contributed by atoms with E-state index in [4.69, 9.17) is 5.11 Å². The van der Waals surface area contributed by atoms with Crippen LogP contribution in [0.3, 0.4) is 0 Å². The number of carboxylic acids is 1. The van der Waals surface area contributed by atoms with Gasteiger partial charge in [0.15, 0.2) is 0 Å². The number of nitrogens with one attached hydrogen (secondary N) is 1. The van der Waals surface area contributed by atoms with Crippen LogP contribution in [0.1, 0.15) is 12.0 Å². The first-order valence-corrected chi connectivity index (χ1v) is 7.58. The van der Waals surface area contributed by atoms with Gasteiger partial charge in [-0.05, 0) is 36.6 Å². The number of carbonyl (C=O) groups excluding carboxylic acids is 1. The summed E-state index contributed by atoms with van der Waals surface area (Å²) in [6, 6.07) is 16.5. The van der Waals surface area contributed by atoms with Crippen LogP contribution in [0.4, 0.5) is 11.4 Å². The number of aliphatic carboxylic acids is 1. The second-order valence-electron chi connectivity index (χ2n) is 5.55. The van der Waals surface area contributed by atoms with Crippen LogP contribution in [0.2, 0.25) is 0 Å². The van der Waals surface area contributed by atoms with E-state index < -0.39 is 12.0 Å². The van der Waals surface area contributed by atoms with Gasteiger partial charge in [0, 0.05) is 11.4 Å². The molecule has 0 saturated carbocycles.